The molecule has 1 N–H and O–H groups in total. The molecule has 1 nitrogen and oxygen atoms in total. The molecule has 86 valence electrons. The van der Waals surface area contributed by atoms with E-state index in [1.807, 2.05) is 0 Å². The molecule has 5 unspecified atom stereocenters. The molecule has 3 fully saturated rings. The molecule has 1 heteroatoms. The topological polar surface area (TPSA) is 20.2 Å². The van der Waals surface area contributed by atoms with Crippen LogP contribution in [-0.2, 0) is 0 Å². The first-order valence-corrected chi connectivity index (χ1v) is 6.84. The number of aliphatic hydroxyl groups is 1. The van der Waals surface area contributed by atoms with Crippen LogP contribution in [0.25, 0.3) is 0 Å². The zero-order valence-electron chi connectivity index (χ0n) is 10.1. The van der Waals surface area contributed by atoms with Gasteiger partial charge in [0.05, 0.1) is 5.60 Å². The summed E-state index contributed by atoms with van der Waals surface area (Å²) in [5.74, 6) is 2.69. The van der Waals surface area contributed by atoms with Crippen molar-refractivity contribution >= 4 is 0 Å². The number of rotatable bonds is 2. The third-order valence-electron chi connectivity index (χ3n) is 6.23. The number of fused-ring (bicyclic) bond motifs is 5. The molecule has 0 aromatic carbocycles. The summed E-state index contributed by atoms with van der Waals surface area (Å²) < 4.78 is 0. The van der Waals surface area contributed by atoms with Crippen molar-refractivity contribution in [2.24, 2.45) is 23.2 Å². The minimum atomic E-state index is -0.395. The highest BCUT2D eigenvalue weighted by atomic mass is 16.3. The lowest BCUT2D eigenvalue weighted by Gasteiger charge is -2.49. The Bertz CT molecular complexity index is 271. The molecule has 0 aromatic rings. The van der Waals surface area contributed by atoms with E-state index in [9.17, 15) is 5.11 Å². The van der Waals surface area contributed by atoms with Crippen molar-refractivity contribution in [2.45, 2.75) is 64.4 Å². The van der Waals surface area contributed by atoms with Crippen LogP contribution in [0.1, 0.15) is 58.8 Å². The maximum absolute atomic E-state index is 10.8. The third kappa shape index (κ3) is 1.03. The molecule has 0 aliphatic heterocycles. The number of hydrogen-bond acceptors (Lipinski definition) is 1. The average Bonchev–Trinajstić information content (AvgIpc) is 2.89. The van der Waals surface area contributed by atoms with Crippen LogP contribution >= 0.6 is 0 Å². The van der Waals surface area contributed by atoms with Crippen LogP contribution in [0.4, 0.5) is 0 Å². The van der Waals surface area contributed by atoms with E-state index < -0.39 is 5.60 Å². The van der Waals surface area contributed by atoms with E-state index in [1.165, 1.54) is 38.5 Å². The maximum atomic E-state index is 10.8. The van der Waals surface area contributed by atoms with Crippen LogP contribution in [0.2, 0.25) is 0 Å². The van der Waals surface area contributed by atoms with Gasteiger partial charge < -0.3 is 5.11 Å². The van der Waals surface area contributed by atoms with E-state index in [2.05, 4.69) is 13.8 Å². The van der Waals surface area contributed by atoms with E-state index >= 15 is 0 Å². The van der Waals surface area contributed by atoms with Gasteiger partial charge in [-0.2, -0.15) is 0 Å². The summed E-state index contributed by atoms with van der Waals surface area (Å²) in [6.07, 6.45) is 9.30. The second-order valence-corrected chi connectivity index (χ2v) is 6.44. The van der Waals surface area contributed by atoms with Gasteiger partial charge in [0.25, 0.3) is 0 Å². The summed E-state index contributed by atoms with van der Waals surface area (Å²) in [6.45, 7) is 4.28. The molecule has 3 saturated carbocycles. The summed E-state index contributed by atoms with van der Waals surface area (Å²) in [5, 5.41) is 10.8. The Kier molecular flexibility index (Phi) is 2.03. The molecule has 3 aliphatic rings. The molecule has 3 aliphatic carbocycles. The molecule has 15 heavy (non-hydrogen) atoms. The lowest BCUT2D eigenvalue weighted by molar-refractivity contribution is -0.121. The molecule has 0 spiro atoms. The van der Waals surface area contributed by atoms with Crippen molar-refractivity contribution in [1.29, 1.82) is 0 Å². The van der Waals surface area contributed by atoms with Crippen molar-refractivity contribution < 1.29 is 5.11 Å². The van der Waals surface area contributed by atoms with Gasteiger partial charge in [-0.3, -0.25) is 0 Å². The van der Waals surface area contributed by atoms with Crippen molar-refractivity contribution in [3.05, 3.63) is 0 Å². The van der Waals surface area contributed by atoms with Crippen LogP contribution in [0, 0.1) is 23.2 Å². The molecular weight excluding hydrogens is 184 g/mol. The van der Waals surface area contributed by atoms with Gasteiger partial charge in [-0.1, -0.05) is 13.3 Å². The quantitative estimate of drug-likeness (QED) is 0.737. The SMILES string of the molecule is CCC(C)(O)C12CCCC1C1CCC2C1. The van der Waals surface area contributed by atoms with Crippen LogP contribution < -0.4 is 0 Å². The Labute approximate surface area is 93.3 Å². The Balaban J connectivity index is 2.02. The summed E-state index contributed by atoms with van der Waals surface area (Å²) in [6, 6.07) is 0. The summed E-state index contributed by atoms with van der Waals surface area (Å²) in [5.41, 5.74) is -0.0708. The minimum Gasteiger partial charge on any atom is -0.390 e. The van der Waals surface area contributed by atoms with Gasteiger partial charge in [0.15, 0.2) is 0 Å². The van der Waals surface area contributed by atoms with Crippen LogP contribution in [0.3, 0.4) is 0 Å². The van der Waals surface area contributed by atoms with E-state index in [0.29, 0.717) is 5.41 Å². The highest BCUT2D eigenvalue weighted by molar-refractivity contribution is 5.15. The van der Waals surface area contributed by atoms with Gasteiger partial charge in [-0.25, -0.2) is 0 Å². The summed E-state index contributed by atoms with van der Waals surface area (Å²) >= 11 is 0. The van der Waals surface area contributed by atoms with E-state index in [4.69, 9.17) is 0 Å². The molecule has 3 rings (SSSR count). The first-order valence-electron chi connectivity index (χ1n) is 6.84. The summed E-state index contributed by atoms with van der Waals surface area (Å²) in [7, 11) is 0. The molecule has 2 bridgehead atoms. The Morgan fingerprint density at radius 1 is 1.33 bits per heavy atom. The molecule has 0 saturated heterocycles. The van der Waals surface area contributed by atoms with Gasteiger partial charge in [0.2, 0.25) is 0 Å². The van der Waals surface area contributed by atoms with Crippen molar-refractivity contribution in [3.8, 4) is 0 Å². The van der Waals surface area contributed by atoms with Crippen molar-refractivity contribution in [1.82, 2.24) is 0 Å². The van der Waals surface area contributed by atoms with Gasteiger partial charge in [0, 0.05) is 5.41 Å². The Morgan fingerprint density at radius 3 is 2.87 bits per heavy atom. The van der Waals surface area contributed by atoms with E-state index in [-0.39, 0.29) is 0 Å². The predicted molar refractivity (Wildman–Crippen MR) is 61.5 cm³/mol. The standard InChI is InChI=1S/C14H24O/c1-3-13(2,15)14-8-4-5-12(14)10-6-7-11(14)9-10/h10-12,15H,3-9H2,1-2H3. The summed E-state index contributed by atoms with van der Waals surface area (Å²) in [4.78, 5) is 0. The number of hydrogen-bond donors (Lipinski definition) is 1. The first-order chi connectivity index (χ1) is 7.12. The van der Waals surface area contributed by atoms with Crippen LogP contribution in [0.5, 0.6) is 0 Å². The van der Waals surface area contributed by atoms with Gasteiger partial charge in [0.1, 0.15) is 0 Å². The molecule has 0 heterocycles. The average molecular weight is 208 g/mol. The van der Waals surface area contributed by atoms with Crippen molar-refractivity contribution in [3.63, 3.8) is 0 Å². The second-order valence-electron chi connectivity index (χ2n) is 6.44. The third-order valence-corrected chi connectivity index (χ3v) is 6.23. The lowest BCUT2D eigenvalue weighted by atomic mass is 9.58. The minimum absolute atomic E-state index is 0.324. The maximum Gasteiger partial charge on any atom is 0.0678 e. The van der Waals surface area contributed by atoms with Gasteiger partial charge >= 0.3 is 0 Å². The van der Waals surface area contributed by atoms with Gasteiger partial charge in [-0.05, 0) is 63.2 Å². The fourth-order valence-corrected chi connectivity index (χ4v) is 5.51. The van der Waals surface area contributed by atoms with E-state index in [0.717, 1.165) is 24.2 Å². The van der Waals surface area contributed by atoms with Crippen LogP contribution in [0.15, 0.2) is 0 Å². The Morgan fingerprint density at radius 2 is 2.13 bits per heavy atom. The molecular formula is C14H24O. The largest absolute Gasteiger partial charge is 0.390 e. The highest BCUT2D eigenvalue weighted by Gasteiger charge is 2.65. The fourth-order valence-electron chi connectivity index (χ4n) is 5.51. The predicted octanol–water partition coefficient (Wildman–Crippen LogP) is 3.36. The molecule has 0 radical (unpaired) electrons. The fraction of sp³-hybridized carbons (Fsp3) is 1.00. The highest BCUT2D eigenvalue weighted by Crippen LogP contribution is 2.70. The van der Waals surface area contributed by atoms with Gasteiger partial charge in [-0.15, -0.1) is 0 Å². The van der Waals surface area contributed by atoms with Crippen LogP contribution in [-0.4, -0.2) is 10.7 Å². The monoisotopic (exact) mass is 208 g/mol. The first kappa shape index (κ1) is 10.1. The normalized spacial score (nSPS) is 51.8. The smallest absolute Gasteiger partial charge is 0.0678 e. The lowest BCUT2D eigenvalue weighted by Crippen LogP contribution is -2.51. The second kappa shape index (κ2) is 3.00. The molecule has 0 amide bonds. The molecule has 5 atom stereocenters. The molecule has 0 aromatic heterocycles. The van der Waals surface area contributed by atoms with E-state index in [1.54, 1.807) is 0 Å². The zero-order chi connectivity index (χ0) is 10.7. The van der Waals surface area contributed by atoms with Crippen molar-refractivity contribution in [2.75, 3.05) is 0 Å². The Hall–Kier alpha value is -0.0400. The zero-order valence-corrected chi connectivity index (χ0v) is 10.1.